The van der Waals surface area contributed by atoms with Crippen molar-refractivity contribution in [3.8, 4) is 28.4 Å². The molecule has 1 aromatic carbocycles. The molecule has 0 atom stereocenters. The molecule has 0 fully saturated rings. The lowest BCUT2D eigenvalue weighted by atomic mass is 10.1. The first kappa shape index (κ1) is 15.6. The third kappa shape index (κ3) is 3.22. The van der Waals surface area contributed by atoms with E-state index in [-0.39, 0.29) is 5.56 Å². The monoisotopic (exact) mass is 321 g/mol. The van der Waals surface area contributed by atoms with Gasteiger partial charge in [0.25, 0.3) is 0 Å². The molecule has 2 heterocycles. The Morgan fingerprint density at radius 2 is 2.04 bits per heavy atom. The number of carbonyl (C=O) groups is 1. The average Bonchev–Trinajstić information content (AvgIpc) is 2.63. The van der Waals surface area contributed by atoms with E-state index in [1.807, 2.05) is 19.1 Å². The van der Waals surface area contributed by atoms with Crippen LogP contribution in [-0.4, -0.2) is 32.6 Å². The zero-order valence-electron chi connectivity index (χ0n) is 13.0. The van der Waals surface area contributed by atoms with Crippen LogP contribution in [0.3, 0.4) is 0 Å². The van der Waals surface area contributed by atoms with E-state index in [0.717, 1.165) is 5.56 Å². The first-order valence-corrected chi connectivity index (χ1v) is 7.43. The topological polar surface area (TPSA) is 85.2 Å². The number of pyridine rings is 1. The highest BCUT2D eigenvalue weighted by molar-refractivity contribution is 5.92. The largest absolute Gasteiger partial charge is 0.493 e. The van der Waals surface area contributed by atoms with Gasteiger partial charge in [-0.3, -0.25) is 4.98 Å². The highest BCUT2D eigenvalue weighted by Crippen LogP contribution is 2.27. The van der Waals surface area contributed by atoms with Crippen LogP contribution in [0.15, 0.2) is 55.0 Å². The fourth-order valence-electron chi connectivity index (χ4n) is 2.29. The first-order valence-electron chi connectivity index (χ1n) is 7.43. The van der Waals surface area contributed by atoms with Gasteiger partial charge < -0.3 is 9.84 Å². The van der Waals surface area contributed by atoms with E-state index in [2.05, 4.69) is 15.0 Å². The number of rotatable bonds is 5. The Morgan fingerprint density at radius 3 is 2.75 bits per heavy atom. The number of ether oxygens (including phenoxy) is 1. The van der Waals surface area contributed by atoms with E-state index in [1.54, 1.807) is 42.9 Å². The summed E-state index contributed by atoms with van der Waals surface area (Å²) in [5, 5.41) is 9.38. The van der Waals surface area contributed by atoms with Gasteiger partial charge in [-0.25, -0.2) is 14.8 Å². The second-order valence-electron chi connectivity index (χ2n) is 4.96. The normalized spacial score (nSPS) is 10.4. The zero-order chi connectivity index (χ0) is 16.9. The van der Waals surface area contributed by atoms with Gasteiger partial charge in [-0.05, 0) is 43.3 Å². The number of aromatic nitrogens is 3. The van der Waals surface area contributed by atoms with Gasteiger partial charge in [-0.2, -0.15) is 0 Å². The molecule has 0 saturated carbocycles. The van der Waals surface area contributed by atoms with Crippen molar-refractivity contribution in [1.29, 1.82) is 0 Å². The van der Waals surface area contributed by atoms with Crippen molar-refractivity contribution in [2.24, 2.45) is 0 Å². The van der Waals surface area contributed by atoms with Crippen molar-refractivity contribution < 1.29 is 14.6 Å². The number of hydrogen-bond acceptors (Lipinski definition) is 5. The minimum Gasteiger partial charge on any atom is -0.493 e. The highest BCUT2D eigenvalue weighted by Gasteiger charge is 2.14. The predicted molar refractivity (Wildman–Crippen MR) is 88.8 cm³/mol. The molecule has 0 aliphatic rings. The van der Waals surface area contributed by atoms with Gasteiger partial charge in [0.15, 0.2) is 5.82 Å². The second-order valence-corrected chi connectivity index (χ2v) is 4.96. The first-order chi connectivity index (χ1) is 11.7. The van der Waals surface area contributed by atoms with E-state index in [0.29, 0.717) is 29.4 Å². The van der Waals surface area contributed by atoms with Crippen molar-refractivity contribution in [3.63, 3.8) is 0 Å². The van der Waals surface area contributed by atoms with Crippen LogP contribution in [0, 0.1) is 0 Å². The van der Waals surface area contributed by atoms with Gasteiger partial charge in [0, 0.05) is 29.7 Å². The van der Waals surface area contributed by atoms with Crippen LogP contribution in [0.4, 0.5) is 0 Å². The summed E-state index contributed by atoms with van der Waals surface area (Å²) in [6.07, 6.45) is 5.00. The maximum absolute atomic E-state index is 11.4. The lowest BCUT2D eigenvalue weighted by Gasteiger charge is -2.09. The fourth-order valence-corrected chi connectivity index (χ4v) is 2.29. The smallest absolute Gasteiger partial charge is 0.339 e. The summed E-state index contributed by atoms with van der Waals surface area (Å²) in [5.74, 6) is -0.163. The molecule has 0 unspecified atom stereocenters. The minimum absolute atomic E-state index is 0.107. The molecule has 1 N–H and O–H groups in total. The van der Waals surface area contributed by atoms with Crippen molar-refractivity contribution in [2.45, 2.75) is 6.92 Å². The Bertz CT molecular complexity index is 866. The van der Waals surface area contributed by atoms with Crippen LogP contribution in [0.2, 0.25) is 0 Å². The lowest BCUT2D eigenvalue weighted by Crippen LogP contribution is -2.03. The van der Waals surface area contributed by atoms with E-state index in [9.17, 15) is 9.90 Å². The summed E-state index contributed by atoms with van der Waals surface area (Å²) in [4.78, 5) is 24.3. The third-order valence-electron chi connectivity index (χ3n) is 3.38. The van der Waals surface area contributed by atoms with E-state index in [1.165, 1.54) is 0 Å². The highest BCUT2D eigenvalue weighted by atomic mass is 16.5. The van der Waals surface area contributed by atoms with Crippen LogP contribution in [-0.2, 0) is 0 Å². The van der Waals surface area contributed by atoms with Crippen LogP contribution < -0.4 is 4.74 Å². The van der Waals surface area contributed by atoms with Gasteiger partial charge in [0.1, 0.15) is 11.3 Å². The fraction of sp³-hybridized carbons (Fsp3) is 0.111. The van der Waals surface area contributed by atoms with E-state index >= 15 is 0 Å². The number of hydrogen-bond donors (Lipinski definition) is 1. The molecule has 0 amide bonds. The summed E-state index contributed by atoms with van der Waals surface area (Å²) in [6.45, 7) is 2.21. The number of carboxylic acid groups (broad SMARTS) is 1. The molecule has 0 bridgehead atoms. The Hall–Kier alpha value is -3.28. The third-order valence-corrected chi connectivity index (χ3v) is 3.38. The standard InChI is InChI=1S/C18H15N3O3/c1-2-24-16-6-5-12(10-14(16)18(22)23)15-7-9-20-17(21-15)13-4-3-8-19-11-13/h3-11H,2H2,1H3,(H,22,23). The summed E-state index contributed by atoms with van der Waals surface area (Å²) in [6, 6.07) is 10.4. The molecule has 0 radical (unpaired) electrons. The number of benzene rings is 1. The molecular weight excluding hydrogens is 306 g/mol. The maximum atomic E-state index is 11.4. The number of nitrogens with zero attached hydrogens (tertiary/aromatic N) is 3. The van der Waals surface area contributed by atoms with Crippen molar-refractivity contribution in [3.05, 3.63) is 60.6 Å². The lowest BCUT2D eigenvalue weighted by molar-refractivity contribution is 0.0692. The molecule has 3 aromatic rings. The molecule has 3 rings (SSSR count). The van der Waals surface area contributed by atoms with Crippen molar-refractivity contribution >= 4 is 5.97 Å². The zero-order valence-corrected chi connectivity index (χ0v) is 13.0. The van der Waals surface area contributed by atoms with Crippen LogP contribution in [0.1, 0.15) is 17.3 Å². The molecule has 6 nitrogen and oxygen atoms in total. The van der Waals surface area contributed by atoms with E-state index < -0.39 is 5.97 Å². The molecule has 6 heteroatoms. The number of aromatic carboxylic acids is 1. The van der Waals surface area contributed by atoms with E-state index in [4.69, 9.17) is 4.74 Å². The maximum Gasteiger partial charge on any atom is 0.339 e. The van der Waals surface area contributed by atoms with Crippen LogP contribution >= 0.6 is 0 Å². The van der Waals surface area contributed by atoms with Gasteiger partial charge in [-0.15, -0.1) is 0 Å². The average molecular weight is 321 g/mol. The van der Waals surface area contributed by atoms with Crippen LogP contribution in [0.25, 0.3) is 22.6 Å². The quantitative estimate of drug-likeness (QED) is 0.776. The molecule has 0 saturated heterocycles. The van der Waals surface area contributed by atoms with Crippen molar-refractivity contribution in [1.82, 2.24) is 15.0 Å². The summed E-state index contributed by atoms with van der Waals surface area (Å²) in [7, 11) is 0. The number of carboxylic acids is 1. The predicted octanol–water partition coefficient (Wildman–Crippen LogP) is 3.30. The molecule has 0 spiro atoms. The Morgan fingerprint density at radius 1 is 1.17 bits per heavy atom. The summed E-state index contributed by atoms with van der Waals surface area (Å²) < 4.78 is 5.36. The van der Waals surface area contributed by atoms with Gasteiger partial charge in [0.2, 0.25) is 0 Å². The Balaban J connectivity index is 2.03. The van der Waals surface area contributed by atoms with Gasteiger partial charge in [0.05, 0.1) is 12.3 Å². The van der Waals surface area contributed by atoms with Gasteiger partial charge in [-0.1, -0.05) is 0 Å². The Labute approximate surface area is 138 Å². The molecule has 24 heavy (non-hydrogen) atoms. The summed E-state index contributed by atoms with van der Waals surface area (Å²) in [5.41, 5.74) is 2.22. The van der Waals surface area contributed by atoms with Gasteiger partial charge >= 0.3 is 5.97 Å². The SMILES string of the molecule is CCOc1ccc(-c2ccnc(-c3cccnc3)n2)cc1C(=O)O. The molecule has 2 aromatic heterocycles. The molecular formula is C18H15N3O3. The minimum atomic E-state index is -1.04. The second kappa shape index (κ2) is 6.87. The van der Waals surface area contributed by atoms with Crippen LogP contribution in [0.5, 0.6) is 5.75 Å². The molecule has 0 aliphatic carbocycles. The molecule has 0 aliphatic heterocycles. The van der Waals surface area contributed by atoms with Crippen molar-refractivity contribution in [2.75, 3.05) is 6.61 Å². The molecule has 120 valence electrons. The Kier molecular flexibility index (Phi) is 4.47. The summed E-state index contributed by atoms with van der Waals surface area (Å²) >= 11 is 0.